The van der Waals surface area contributed by atoms with Gasteiger partial charge in [-0.3, -0.25) is 0 Å². The van der Waals surface area contributed by atoms with E-state index in [1.165, 1.54) is 11.3 Å². The van der Waals surface area contributed by atoms with E-state index in [0.717, 1.165) is 9.35 Å². The van der Waals surface area contributed by atoms with Crippen molar-refractivity contribution in [2.75, 3.05) is 0 Å². The molecule has 0 aliphatic heterocycles. The van der Waals surface area contributed by atoms with Crippen LogP contribution in [0.15, 0.2) is 15.9 Å². The van der Waals surface area contributed by atoms with Crippen molar-refractivity contribution in [1.82, 2.24) is 0 Å². The summed E-state index contributed by atoms with van der Waals surface area (Å²) in [6.07, 6.45) is 0.385. The number of hydrogen-bond acceptors (Lipinski definition) is 2. The standard InChI is InChI=1S/C9H10BrF2NS/c10-6-1-2-14-8(6)7(13)3-5-4-9(5,11)12/h1-2,5,7H,3-4,13H2. The minimum atomic E-state index is -2.46. The first-order chi connectivity index (χ1) is 6.50. The van der Waals surface area contributed by atoms with E-state index in [0.29, 0.717) is 6.42 Å². The Morgan fingerprint density at radius 2 is 2.36 bits per heavy atom. The molecule has 1 aliphatic carbocycles. The van der Waals surface area contributed by atoms with E-state index in [1.54, 1.807) is 0 Å². The van der Waals surface area contributed by atoms with Gasteiger partial charge in [-0.1, -0.05) is 0 Å². The zero-order valence-corrected chi connectivity index (χ0v) is 9.75. The van der Waals surface area contributed by atoms with Crippen LogP contribution in [0, 0.1) is 5.92 Å². The molecule has 1 nitrogen and oxygen atoms in total. The normalized spacial score (nSPS) is 26.1. The highest BCUT2D eigenvalue weighted by Gasteiger charge is 2.56. The van der Waals surface area contributed by atoms with Crippen molar-refractivity contribution < 1.29 is 8.78 Å². The number of hydrogen-bond donors (Lipinski definition) is 1. The lowest BCUT2D eigenvalue weighted by molar-refractivity contribution is 0.0955. The first-order valence-electron chi connectivity index (χ1n) is 4.37. The molecule has 2 N–H and O–H groups in total. The monoisotopic (exact) mass is 281 g/mol. The van der Waals surface area contributed by atoms with Gasteiger partial charge in [0.2, 0.25) is 0 Å². The maximum atomic E-state index is 12.6. The Balaban J connectivity index is 1.97. The molecule has 0 bridgehead atoms. The predicted molar refractivity (Wildman–Crippen MR) is 56.6 cm³/mol. The van der Waals surface area contributed by atoms with Crippen molar-refractivity contribution in [3.05, 3.63) is 20.8 Å². The molecule has 1 aliphatic rings. The van der Waals surface area contributed by atoms with Crippen LogP contribution >= 0.6 is 27.3 Å². The molecular weight excluding hydrogens is 272 g/mol. The molecule has 0 aromatic carbocycles. The van der Waals surface area contributed by atoms with Gasteiger partial charge in [-0.15, -0.1) is 11.3 Å². The molecule has 1 fully saturated rings. The van der Waals surface area contributed by atoms with Crippen molar-refractivity contribution in [2.45, 2.75) is 24.8 Å². The first-order valence-corrected chi connectivity index (χ1v) is 6.04. The molecule has 2 atom stereocenters. The lowest BCUT2D eigenvalue weighted by Gasteiger charge is -2.09. The highest BCUT2D eigenvalue weighted by Crippen LogP contribution is 2.52. The molecule has 78 valence electrons. The van der Waals surface area contributed by atoms with E-state index in [-0.39, 0.29) is 12.5 Å². The Bertz CT molecular complexity index is 339. The average Bonchev–Trinajstić information content (AvgIpc) is 2.53. The minimum Gasteiger partial charge on any atom is -0.323 e. The molecule has 1 aromatic heterocycles. The topological polar surface area (TPSA) is 26.0 Å². The maximum Gasteiger partial charge on any atom is 0.251 e. The van der Waals surface area contributed by atoms with Gasteiger partial charge in [0.25, 0.3) is 5.92 Å². The molecule has 1 saturated carbocycles. The maximum absolute atomic E-state index is 12.6. The van der Waals surface area contributed by atoms with Crippen molar-refractivity contribution >= 4 is 27.3 Å². The van der Waals surface area contributed by atoms with Crippen LogP contribution in [0.25, 0.3) is 0 Å². The largest absolute Gasteiger partial charge is 0.323 e. The lowest BCUT2D eigenvalue weighted by atomic mass is 10.1. The van der Waals surface area contributed by atoms with Gasteiger partial charge in [0.05, 0.1) is 0 Å². The third-order valence-electron chi connectivity index (χ3n) is 2.48. The van der Waals surface area contributed by atoms with Crippen molar-refractivity contribution in [1.29, 1.82) is 0 Å². The Kier molecular flexibility index (Phi) is 2.66. The van der Waals surface area contributed by atoms with Gasteiger partial charge >= 0.3 is 0 Å². The number of alkyl halides is 2. The zero-order valence-electron chi connectivity index (χ0n) is 7.34. The van der Waals surface area contributed by atoms with Crippen molar-refractivity contribution in [3.8, 4) is 0 Å². The SMILES string of the molecule is NC(CC1CC1(F)F)c1sccc1Br. The molecule has 2 rings (SSSR count). The number of thiophene rings is 1. The van der Waals surface area contributed by atoms with E-state index >= 15 is 0 Å². The van der Waals surface area contributed by atoms with E-state index in [1.807, 2.05) is 11.4 Å². The number of rotatable bonds is 3. The molecule has 0 saturated heterocycles. The smallest absolute Gasteiger partial charge is 0.251 e. The van der Waals surface area contributed by atoms with Gasteiger partial charge in [-0.2, -0.15) is 0 Å². The van der Waals surface area contributed by atoms with Gasteiger partial charge in [-0.25, -0.2) is 8.78 Å². The summed E-state index contributed by atoms with van der Waals surface area (Å²) in [6, 6.07) is 1.63. The molecule has 0 amide bonds. The second-order valence-corrected chi connectivity index (χ2v) is 5.44. The Labute approximate surface area is 93.4 Å². The van der Waals surface area contributed by atoms with E-state index < -0.39 is 11.8 Å². The molecule has 1 heterocycles. The van der Waals surface area contributed by atoms with Crippen LogP contribution in [-0.2, 0) is 0 Å². The third kappa shape index (κ3) is 1.99. The first kappa shape index (κ1) is 10.5. The fraction of sp³-hybridized carbons (Fsp3) is 0.556. The van der Waals surface area contributed by atoms with Crippen LogP contribution in [0.2, 0.25) is 0 Å². The van der Waals surface area contributed by atoms with E-state index in [9.17, 15) is 8.78 Å². The zero-order chi connectivity index (χ0) is 10.3. The fourth-order valence-corrected chi connectivity index (χ4v) is 3.19. The molecule has 5 heteroatoms. The van der Waals surface area contributed by atoms with E-state index in [4.69, 9.17) is 5.73 Å². The quantitative estimate of drug-likeness (QED) is 0.901. The highest BCUT2D eigenvalue weighted by atomic mass is 79.9. The summed E-state index contributed by atoms with van der Waals surface area (Å²) in [5, 5.41) is 1.91. The molecule has 14 heavy (non-hydrogen) atoms. The van der Waals surface area contributed by atoms with Gasteiger partial charge in [-0.05, 0) is 33.8 Å². The Morgan fingerprint density at radius 1 is 1.71 bits per heavy atom. The van der Waals surface area contributed by atoms with Crippen molar-refractivity contribution in [2.24, 2.45) is 11.7 Å². The van der Waals surface area contributed by atoms with Crippen LogP contribution in [-0.4, -0.2) is 5.92 Å². The minimum absolute atomic E-state index is 0.00366. The van der Waals surface area contributed by atoms with Crippen LogP contribution in [0.4, 0.5) is 8.78 Å². The fourth-order valence-electron chi connectivity index (χ4n) is 1.51. The summed E-state index contributed by atoms with van der Waals surface area (Å²) in [4.78, 5) is 0.965. The van der Waals surface area contributed by atoms with Crippen LogP contribution in [0.1, 0.15) is 23.8 Å². The highest BCUT2D eigenvalue weighted by molar-refractivity contribution is 9.10. The molecule has 1 aromatic rings. The van der Waals surface area contributed by atoms with Crippen LogP contribution in [0.5, 0.6) is 0 Å². The molecular formula is C9H10BrF2NS. The molecule has 0 radical (unpaired) electrons. The summed E-state index contributed by atoms with van der Waals surface area (Å²) in [5.74, 6) is -2.96. The summed E-state index contributed by atoms with van der Waals surface area (Å²) >= 11 is 4.86. The Hall–Kier alpha value is -0.000000000000000111. The van der Waals surface area contributed by atoms with Gasteiger partial charge in [0, 0.05) is 27.7 Å². The number of nitrogens with two attached hydrogens (primary N) is 1. The Morgan fingerprint density at radius 3 is 2.79 bits per heavy atom. The van der Waals surface area contributed by atoms with Crippen LogP contribution in [0.3, 0.4) is 0 Å². The van der Waals surface area contributed by atoms with Gasteiger partial charge in [0.15, 0.2) is 0 Å². The molecule has 2 unspecified atom stereocenters. The lowest BCUT2D eigenvalue weighted by Crippen LogP contribution is -2.11. The number of halogens is 3. The summed E-state index contributed by atoms with van der Waals surface area (Å²) < 4.78 is 26.2. The van der Waals surface area contributed by atoms with Gasteiger partial charge < -0.3 is 5.73 Å². The predicted octanol–water partition coefficient (Wildman–Crippen LogP) is 3.56. The van der Waals surface area contributed by atoms with E-state index in [2.05, 4.69) is 15.9 Å². The summed E-state index contributed by atoms with van der Waals surface area (Å²) in [6.45, 7) is 0. The van der Waals surface area contributed by atoms with Gasteiger partial charge in [0.1, 0.15) is 0 Å². The second kappa shape index (κ2) is 3.54. The van der Waals surface area contributed by atoms with Crippen LogP contribution < -0.4 is 5.73 Å². The summed E-state index contributed by atoms with van der Waals surface area (Å²) in [7, 11) is 0. The second-order valence-electron chi connectivity index (χ2n) is 3.64. The molecule has 0 spiro atoms. The average molecular weight is 282 g/mol. The summed E-state index contributed by atoms with van der Waals surface area (Å²) in [5.41, 5.74) is 5.85. The van der Waals surface area contributed by atoms with Crippen molar-refractivity contribution in [3.63, 3.8) is 0 Å². The third-order valence-corrected chi connectivity index (χ3v) is 4.48.